The van der Waals surface area contributed by atoms with Gasteiger partial charge in [0.05, 0.1) is 13.2 Å². The highest BCUT2D eigenvalue weighted by atomic mass is 79.9. The van der Waals surface area contributed by atoms with Gasteiger partial charge in [0.2, 0.25) is 0 Å². The van der Waals surface area contributed by atoms with Crippen molar-refractivity contribution in [2.45, 2.75) is 19.9 Å². The molecule has 2 rings (SSSR count). The molecule has 0 amide bonds. The molecule has 0 aliphatic heterocycles. The predicted octanol–water partition coefficient (Wildman–Crippen LogP) is 3.69. The van der Waals surface area contributed by atoms with E-state index < -0.39 is 0 Å². The maximum Gasteiger partial charge on any atom is 0.124 e. The van der Waals surface area contributed by atoms with Gasteiger partial charge in [-0.25, -0.2) is 5.43 Å². The molecular weight excluding hydrogens is 324 g/mol. The second kappa shape index (κ2) is 6.05. The standard InChI is InChI=1S/C14H17BrN2OS/c1-8-4-9(2)13(11(5-8)18-3)14(17-16)12-6-10(15)7-19-12/h4-7,14,17H,16H2,1-3H3. The Morgan fingerprint density at radius 1 is 1.32 bits per heavy atom. The van der Waals surface area contributed by atoms with E-state index in [1.54, 1.807) is 18.4 Å². The van der Waals surface area contributed by atoms with Crippen LogP contribution in [0.15, 0.2) is 28.1 Å². The van der Waals surface area contributed by atoms with Crippen LogP contribution in [-0.4, -0.2) is 7.11 Å². The van der Waals surface area contributed by atoms with E-state index in [1.165, 1.54) is 11.1 Å². The van der Waals surface area contributed by atoms with Gasteiger partial charge in [-0.1, -0.05) is 6.07 Å². The number of nitrogens with one attached hydrogen (secondary N) is 1. The van der Waals surface area contributed by atoms with Crippen LogP contribution in [0.25, 0.3) is 0 Å². The average Bonchev–Trinajstić information content (AvgIpc) is 2.78. The van der Waals surface area contributed by atoms with Crippen LogP contribution in [0.1, 0.15) is 27.6 Å². The molecule has 0 radical (unpaired) electrons. The largest absolute Gasteiger partial charge is 0.496 e. The van der Waals surface area contributed by atoms with Crippen molar-refractivity contribution in [3.63, 3.8) is 0 Å². The fourth-order valence-electron chi connectivity index (χ4n) is 2.27. The topological polar surface area (TPSA) is 47.3 Å². The van der Waals surface area contributed by atoms with Gasteiger partial charge in [-0.05, 0) is 53.0 Å². The molecule has 2 aromatic rings. The Kier molecular flexibility index (Phi) is 4.62. The van der Waals surface area contributed by atoms with E-state index in [2.05, 4.69) is 52.7 Å². The number of rotatable bonds is 4. The molecule has 1 aromatic carbocycles. The van der Waals surface area contributed by atoms with Crippen molar-refractivity contribution in [1.29, 1.82) is 0 Å². The average molecular weight is 341 g/mol. The number of thiophene rings is 1. The summed E-state index contributed by atoms with van der Waals surface area (Å²) >= 11 is 5.14. The van der Waals surface area contributed by atoms with Gasteiger partial charge in [-0.15, -0.1) is 11.3 Å². The zero-order valence-electron chi connectivity index (χ0n) is 11.2. The monoisotopic (exact) mass is 340 g/mol. The van der Waals surface area contributed by atoms with Gasteiger partial charge < -0.3 is 4.74 Å². The van der Waals surface area contributed by atoms with Gasteiger partial charge in [-0.3, -0.25) is 5.84 Å². The summed E-state index contributed by atoms with van der Waals surface area (Å²) in [5.74, 6) is 6.63. The first-order chi connectivity index (χ1) is 9.06. The molecule has 102 valence electrons. The molecule has 5 heteroatoms. The predicted molar refractivity (Wildman–Crippen MR) is 83.7 cm³/mol. The number of ether oxygens (including phenoxy) is 1. The van der Waals surface area contributed by atoms with Gasteiger partial charge in [0.15, 0.2) is 0 Å². The molecule has 3 nitrogen and oxygen atoms in total. The van der Waals surface area contributed by atoms with Crippen molar-refractivity contribution < 1.29 is 4.74 Å². The summed E-state index contributed by atoms with van der Waals surface area (Å²) in [7, 11) is 1.69. The lowest BCUT2D eigenvalue weighted by Crippen LogP contribution is -2.29. The number of methoxy groups -OCH3 is 1. The molecular formula is C14H17BrN2OS. The number of hydrazine groups is 1. The third-order valence-electron chi connectivity index (χ3n) is 3.04. The molecule has 1 unspecified atom stereocenters. The van der Waals surface area contributed by atoms with E-state index in [0.717, 1.165) is 20.7 Å². The molecule has 1 aromatic heterocycles. The Morgan fingerprint density at radius 3 is 2.58 bits per heavy atom. The Bertz CT molecular complexity index is 583. The summed E-state index contributed by atoms with van der Waals surface area (Å²) in [6, 6.07) is 6.19. The van der Waals surface area contributed by atoms with Crippen LogP contribution in [0, 0.1) is 13.8 Å². The highest BCUT2D eigenvalue weighted by molar-refractivity contribution is 9.10. The van der Waals surface area contributed by atoms with Crippen molar-refractivity contribution in [1.82, 2.24) is 5.43 Å². The molecule has 0 fully saturated rings. The van der Waals surface area contributed by atoms with Crippen LogP contribution in [0.3, 0.4) is 0 Å². The molecule has 0 saturated carbocycles. The SMILES string of the molecule is COc1cc(C)cc(C)c1C(NN)c1cc(Br)cs1. The van der Waals surface area contributed by atoms with E-state index in [0.29, 0.717) is 0 Å². The Labute approximate surface area is 125 Å². The number of benzene rings is 1. The van der Waals surface area contributed by atoms with Crippen LogP contribution >= 0.6 is 27.3 Å². The van der Waals surface area contributed by atoms with Gasteiger partial charge >= 0.3 is 0 Å². The second-order valence-corrected chi connectivity index (χ2v) is 6.32. The number of halogens is 1. The molecule has 1 atom stereocenters. The van der Waals surface area contributed by atoms with Crippen molar-refractivity contribution in [2.24, 2.45) is 5.84 Å². The first kappa shape index (κ1) is 14.5. The lowest BCUT2D eigenvalue weighted by Gasteiger charge is -2.21. The molecule has 0 bridgehead atoms. The lowest BCUT2D eigenvalue weighted by molar-refractivity contribution is 0.403. The minimum atomic E-state index is -0.0631. The fraction of sp³-hybridized carbons (Fsp3) is 0.286. The quantitative estimate of drug-likeness (QED) is 0.659. The summed E-state index contributed by atoms with van der Waals surface area (Å²) in [5.41, 5.74) is 6.33. The highest BCUT2D eigenvalue weighted by Crippen LogP contribution is 2.36. The van der Waals surface area contributed by atoms with E-state index in [4.69, 9.17) is 10.6 Å². The first-order valence-corrected chi connectivity index (χ1v) is 7.59. The first-order valence-electron chi connectivity index (χ1n) is 5.92. The van der Waals surface area contributed by atoms with E-state index in [-0.39, 0.29) is 6.04 Å². The molecule has 0 aliphatic carbocycles. The number of nitrogens with two attached hydrogens (primary N) is 1. The summed E-state index contributed by atoms with van der Waals surface area (Å²) in [6.45, 7) is 4.14. The van der Waals surface area contributed by atoms with Crippen LogP contribution in [0.2, 0.25) is 0 Å². The maximum atomic E-state index is 5.76. The van der Waals surface area contributed by atoms with E-state index in [1.807, 2.05) is 6.07 Å². The van der Waals surface area contributed by atoms with Crippen molar-refractivity contribution in [3.05, 3.63) is 49.6 Å². The third kappa shape index (κ3) is 3.00. The minimum absolute atomic E-state index is 0.0631. The Hall–Kier alpha value is -0.880. The third-order valence-corrected chi connectivity index (χ3v) is 4.80. The van der Waals surface area contributed by atoms with Crippen molar-refractivity contribution >= 4 is 27.3 Å². The second-order valence-electron chi connectivity index (χ2n) is 4.46. The zero-order valence-corrected chi connectivity index (χ0v) is 13.6. The van der Waals surface area contributed by atoms with Gasteiger partial charge in [0, 0.05) is 20.3 Å². The van der Waals surface area contributed by atoms with Crippen LogP contribution in [0.5, 0.6) is 5.75 Å². The molecule has 3 N–H and O–H groups in total. The number of hydrogen-bond acceptors (Lipinski definition) is 4. The summed E-state index contributed by atoms with van der Waals surface area (Å²) in [5, 5.41) is 2.05. The van der Waals surface area contributed by atoms with Crippen LogP contribution in [-0.2, 0) is 0 Å². The molecule has 0 spiro atoms. The van der Waals surface area contributed by atoms with Gasteiger partial charge in [0.25, 0.3) is 0 Å². The van der Waals surface area contributed by atoms with E-state index >= 15 is 0 Å². The summed E-state index contributed by atoms with van der Waals surface area (Å²) in [4.78, 5) is 1.15. The smallest absolute Gasteiger partial charge is 0.124 e. The zero-order chi connectivity index (χ0) is 14.0. The number of aryl methyl sites for hydroxylation is 2. The Morgan fingerprint density at radius 2 is 2.05 bits per heavy atom. The maximum absolute atomic E-state index is 5.76. The molecule has 19 heavy (non-hydrogen) atoms. The summed E-state index contributed by atoms with van der Waals surface area (Å²) in [6.07, 6.45) is 0. The molecule has 0 saturated heterocycles. The van der Waals surface area contributed by atoms with Gasteiger partial charge in [-0.2, -0.15) is 0 Å². The normalized spacial score (nSPS) is 12.5. The summed E-state index contributed by atoms with van der Waals surface area (Å²) < 4.78 is 6.58. The van der Waals surface area contributed by atoms with E-state index in [9.17, 15) is 0 Å². The minimum Gasteiger partial charge on any atom is -0.496 e. The lowest BCUT2D eigenvalue weighted by atomic mass is 9.97. The fourth-order valence-corrected chi connectivity index (χ4v) is 3.78. The van der Waals surface area contributed by atoms with Crippen molar-refractivity contribution in [2.75, 3.05) is 7.11 Å². The Balaban J connectivity index is 2.55. The van der Waals surface area contributed by atoms with Crippen LogP contribution < -0.4 is 16.0 Å². The molecule has 1 heterocycles. The molecule has 0 aliphatic rings. The highest BCUT2D eigenvalue weighted by Gasteiger charge is 2.21. The van der Waals surface area contributed by atoms with Gasteiger partial charge in [0.1, 0.15) is 5.75 Å². The van der Waals surface area contributed by atoms with Crippen molar-refractivity contribution in [3.8, 4) is 5.75 Å². The number of hydrogen-bond donors (Lipinski definition) is 2. The van der Waals surface area contributed by atoms with Crippen LogP contribution in [0.4, 0.5) is 0 Å².